The summed E-state index contributed by atoms with van der Waals surface area (Å²) in [4.78, 5) is 64.5. The second kappa shape index (κ2) is 25.0. The second-order valence-electron chi connectivity index (χ2n) is 17.5. The third-order valence-electron chi connectivity index (χ3n) is 13.3. The van der Waals surface area contributed by atoms with Gasteiger partial charge >= 0.3 is 0 Å². The van der Waals surface area contributed by atoms with Crippen molar-refractivity contribution in [2.45, 2.75) is 0 Å². The fraction of sp³-hybridized carbons (Fsp3) is 0.538. The highest BCUT2D eigenvalue weighted by Crippen LogP contribution is 2.46. The number of imide groups is 2. The van der Waals surface area contributed by atoms with E-state index in [-0.39, 0.29) is 36.7 Å². The van der Waals surface area contributed by atoms with Crippen LogP contribution in [-0.2, 0) is 47.4 Å². The van der Waals surface area contributed by atoms with Crippen molar-refractivity contribution in [3.8, 4) is 0 Å². The Labute approximate surface area is 407 Å². The number of carbonyl (C=O) groups excluding carboxylic acids is 4. The Morgan fingerprint density at radius 3 is 0.714 bits per heavy atom. The van der Waals surface area contributed by atoms with Crippen molar-refractivity contribution < 1.29 is 66.5 Å². The smallest absolute Gasteiger partial charge is 0.261 e. The monoisotopic (exact) mass is 968 g/mol. The molecule has 18 nitrogen and oxygen atoms in total. The van der Waals surface area contributed by atoms with Gasteiger partial charge in [0.15, 0.2) is 0 Å². The standard InChI is InChI=1S/C52H64N4O14/c57-49-41-5-1-37-38-2-6-43-48-44(52(60)56(51(43)59)12-10-54-15-19-63-23-27-67-31-35-70-36-32-68-28-24-64-20-16-54)8-4-40(46(38)48)39-3-7-42(47(41)45(37)39)50(58)55(49)11-9-53-13-17-61-21-25-65-29-33-69-34-30-66-26-22-62-18-14-53/h1-8H,9-36H2. The molecule has 2 fully saturated rings. The van der Waals surface area contributed by atoms with E-state index in [0.717, 1.165) is 32.3 Å². The first kappa shape index (κ1) is 50.2. The first-order valence-corrected chi connectivity index (χ1v) is 24.7. The van der Waals surface area contributed by atoms with Crippen molar-refractivity contribution in [2.24, 2.45) is 0 Å². The Morgan fingerprint density at radius 1 is 0.271 bits per heavy atom. The van der Waals surface area contributed by atoms with Crippen LogP contribution in [0.15, 0.2) is 48.5 Å². The van der Waals surface area contributed by atoms with E-state index in [1.165, 1.54) is 9.80 Å². The molecule has 5 aromatic carbocycles. The zero-order valence-corrected chi connectivity index (χ0v) is 39.9. The summed E-state index contributed by atoms with van der Waals surface area (Å²) in [6.45, 7) is 12.8. The first-order chi connectivity index (χ1) is 34.5. The van der Waals surface area contributed by atoms with Gasteiger partial charge in [-0.3, -0.25) is 38.8 Å². The van der Waals surface area contributed by atoms with Crippen LogP contribution in [0.25, 0.3) is 43.1 Å². The molecule has 4 aliphatic rings. The molecule has 18 heteroatoms. The molecule has 0 saturated carbocycles. The van der Waals surface area contributed by atoms with Crippen molar-refractivity contribution in [1.82, 2.24) is 19.6 Å². The van der Waals surface area contributed by atoms with Gasteiger partial charge < -0.3 is 47.4 Å². The van der Waals surface area contributed by atoms with E-state index in [9.17, 15) is 19.2 Å². The summed E-state index contributed by atoms with van der Waals surface area (Å²) in [5.74, 6) is -1.40. The van der Waals surface area contributed by atoms with Crippen molar-refractivity contribution in [3.63, 3.8) is 0 Å². The average molecular weight is 969 g/mol. The number of carbonyl (C=O) groups is 4. The number of amides is 4. The summed E-state index contributed by atoms with van der Waals surface area (Å²) in [5.41, 5.74) is 1.83. The van der Waals surface area contributed by atoms with E-state index in [1.807, 2.05) is 24.3 Å². The molecule has 4 heterocycles. The third-order valence-corrected chi connectivity index (χ3v) is 13.3. The number of hydrogen-bond acceptors (Lipinski definition) is 16. The molecule has 9 rings (SSSR count). The van der Waals surface area contributed by atoms with E-state index in [1.54, 1.807) is 24.3 Å². The highest BCUT2D eigenvalue weighted by molar-refractivity contribution is 6.41. The highest BCUT2D eigenvalue weighted by Gasteiger charge is 2.37. The van der Waals surface area contributed by atoms with Crippen molar-refractivity contribution in [3.05, 3.63) is 70.8 Å². The maximum absolute atomic E-state index is 14.4. The predicted octanol–water partition coefficient (Wildman–Crippen LogP) is 3.73. The zero-order chi connectivity index (χ0) is 48.1. The topological polar surface area (TPSA) is 174 Å². The van der Waals surface area contributed by atoms with Gasteiger partial charge in [-0.05, 0) is 56.6 Å². The van der Waals surface area contributed by atoms with Gasteiger partial charge in [-0.1, -0.05) is 24.3 Å². The van der Waals surface area contributed by atoms with Gasteiger partial charge in [0.05, 0.1) is 132 Å². The van der Waals surface area contributed by atoms with Crippen LogP contribution < -0.4 is 0 Å². The summed E-state index contributed by atoms with van der Waals surface area (Å²) >= 11 is 0. The predicted molar refractivity (Wildman–Crippen MR) is 259 cm³/mol. The van der Waals surface area contributed by atoms with Crippen molar-refractivity contribution in [1.29, 1.82) is 0 Å². The number of fused-ring (bicyclic) bond motifs is 2. The molecule has 0 aromatic heterocycles. The largest absolute Gasteiger partial charge is 0.378 e. The molecular formula is C52H64N4O14. The zero-order valence-electron chi connectivity index (χ0n) is 39.9. The number of nitrogens with zero attached hydrogens (tertiary/aromatic N) is 4. The average Bonchev–Trinajstić information content (AvgIpc) is 3.37. The molecule has 0 unspecified atom stereocenters. The lowest BCUT2D eigenvalue weighted by Crippen LogP contribution is -2.45. The Hall–Kier alpha value is -4.80. The summed E-state index contributed by atoms with van der Waals surface area (Å²) in [6.07, 6.45) is 0. The number of benzene rings is 5. The lowest BCUT2D eigenvalue weighted by molar-refractivity contribution is -0.0187. The van der Waals surface area contributed by atoms with E-state index in [4.69, 9.17) is 47.4 Å². The minimum Gasteiger partial charge on any atom is -0.378 e. The van der Waals surface area contributed by atoms with E-state index >= 15 is 0 Å². The van der Waals surface area contributed by atoms with Gasteiger partial charge in [0.2, 0.25) is 0 Å². The van der Waals surface area contributed by atoms with Crippen LogP contribution >= 0.6 is 0 Å². The minimum absolute atomic E-state index is 0.185. The normalized spacial score (nSPS) is 21.1. The number of rotatable bonds is 6. The van der Waals surface area contributed by atoms with E-state index in [2.05, 4.69) is 9.80 Å². The van der Waals surface area contributed by atoms with Crippen LogP contribution in [-0.4, -0.2) is 228 Å². The number of hydrogen-bond donors (Lipinski definition) is 0. The summed E-state index contributed by atoms with van der Waals surface area (Å²) < 4.78 is 56.8. The fourth-order valence-corrected chi connectivity index (χ4v) is 9.67. The van der Waals surface area contributed by atoms with Gasteiger partial charge in [-0.2, -0.15) is 0 Å². The van der Waals surface area contributed by atoms with Crippen LogP contribution in [0.5, 0.6) is 0 Å². The molecule has 0 aliphatic carbocycles. The Morgan fingerprint density at radius 2 is 0.486 bits per heavy atom. The number of ether oxygens (including phenoxy) is 10. The molecule has 376 valence electrons. The fourth-order valence-electron chi connectivity index (χ4n) is 9.67. The van der Waals surface area contributed by atoms with E-state index < -0.39 is 0 Å². The molecule has 4 aliphatic heterocycles. The molecule has 70 heavy (non-hydrogen) atoms. The lowest BCUT2D eigenvalue weighted by Gasteiger charge is -2.32. The molecule has 0 N–H and O–H groups in total. The maximum atomic E-state index is 14.4. The lowest BCUT2D eigenvalue weighted by atomic mass is 9.82. The summed E-state index contributed by atoms with van der Waals surface area (Å²) in [6, 6.07) is 14.9. The van der Waals surface area contributed by atoms with Gasteiger partial charge in [-0.15, -0.1) is 0 Å². The molecule has 0 bridgehead atoms. The minimum atomic E-state index is -0.351. The van der Waals surface area contributed by atoms with Gasteiger partial charge in [-0.25, -0.2) is 0 Å². The van der Waals surface area contributed by atoms with Crippen molar-refractivity contribution in [2.75, 3.05) is 184 Å². The van der Waals surface area contributed by atoms with Crippen LogP contribution in [0, 0.1) is 0 Å². The Kier molecular flexibility index (Phi) is 17.9. The first-order valence-electron chi connectivity index (χ1n) is 24.7. The second-order valence-corrected chi connectivity index (χ2v) is 17.5. The van der Waals surface area contributed by atoms with Gasteiger partial charge in [0.25, 0.3) is 23.6 Å². The van der Waals surface area contributed by atoms with Crippen LogP contribution in [0.3, 0.4) is 0 Å². The van der Waals surface area contributed by atoms with Crippen LogP contribution in [0.2, 0.25) is 0 Å². The molecule has 4 amide bonds. The summed E-state index contributed by atoms with van der Waals surface area (Å²) in [5, 5.41) is 6.20. The third kappa shape index (κ3) is 11.6. The molecule has 0 atom stereocenters. The van der Waals surface area contributed by atoms with Crippen LogP contribution in [0.1, 0.15) is 41.4 Å². The maximum Gasteiger partial charge on any atom is 0.261 e. The molecule has 2 saturated heterocycles. The highest BCUT2D eigenvalue weighted by atomic mass is 16.6. The molecule has 5 aromatic rings. The SMILES string of the molecule is O=C1c2ccc3c4ccc5c6c(ccc(c7ccc(c2c37)C(=O)N1CCN1CCOCCOCCOCCOCCOCC1)c64)C(=O)N(CCN1CCOCCOCCOCCOCCOCC1)C5=O. The van der Waals surface area contributed by atoms with Crippen molar-refractivity contribution >= 4 is 66.7 Å². The molecule has 0 spiro atoms. The molecule has 0 radical (unpaired) electrons. The Bertz CT molecular complexity index is 2260. The quantitative estimate of drug-likeness (QED) is 0.137. The summed E-state index contributed by atoms with van der Waals surface area (Å²) in [7, 11) is 0. The van der Waals surface area contributed by atoms with Crippen LogP contribution in [0.4, 0.5) is 0 Å². The van der Waals surface area contributed by atoms with Gasteiger partial charge in [0.1, 0.15) is 0 Å². The van der Waals surface area contributed by atoms with E-state index in [0.29, 0.717) is 204 Å². The molecular weight excluding hydrogens is 905 g/mol. The Balaban J connectivity index is 0.908. The van der Waals surface area contributed by atoms with Gasteiger partial charge in [0, 0.05) is 85.4 Å².